The van der Waals surface area contributed by atoms with Crippen LogP contribution in [-0.2, 0) is 10.0 Å². The molecule has 0 aliphatic rings. The third-order valence-electron chi connectivity index (χ3n) is 2.52. The van der Waals surface area contributed by atoms with E-state index in [4.69, 9.17) is 5.11 Å². The van der Waals surface area contributed by atoms with Gasteiger partial charge in [-0.25, -0.2) is 13.2 Å². The minimum Gasteiger partial charge on any atom is -0.478 e. The molecule has 0 amide bonds. The quantitative estimate of drug-likeness (QED) is 0.831. The normalized spacial score (nSPS) is 11.2. The van der Waals surface area contributed by atoms with Gasteiger partial charge in [-0.1, -0.05) is 25.5 Å². The van der Waals surface area contributed by atoms with Gasteiger partial charge in [-0.2, -0.15) is 0 Å². The fraction of sp³-hybridized carbons (Fsp3) is 0.417. The molecule has 18 heavy (non-hydrogen) atoms. The van der Waals surface area contributed by atoms with Gasteiger partial charge < -0.3 is 5.11 Å². The third-order valence-corrected chi connectivity index (χ3v) is 3.88. The molecule has 5 nitrogen and oxygen atoms in total. The summed E-state index contributed by atoms with van der Waals surface area (Å²) in [5.41, 5.74) is 0.648. The monoisotopic (exact) mass is 271 g/mol. The van der Waals surface area contributed by atoms with Crippen molar-refractivity contribution >= 4 is 21.7 Å². The lowest BCUT2D eigenvalue weighted by Crippen LogP contribution is -2.19. The van der Waals surface area contributed by atoms with Gasteiger partial charge in [0.1, 0.15) is 0 Å². The Hall–Kier alpha value is -1.56. The lowest BCUT2D eigenvalue weighted by atomic mass is 10.1. The van der Waals surface area contributed by atoms with Crippen molar-refractivity contribution in [1.82, 2.24) is 0 Å². The Morgan fingerprint density at radius 1 is 1.39 bits per heavy atom. The molecule has 2 N–H and O–H groups in total. The summed E-state index contributed by atoms with van der Waals surface area (Å²) in [6.07, 6.45) is 1.31. The Bertz CT molecular complexity index is 537. The zero-order valence-corrected chi connectivity index (χ0v) is 11.3. The maximum Gasteiger partial charge on any atom is 0.338 e. The molecule has 0 heterocycles. The van der Waals surface area contributed by atoms with E-state index in [2.05, 4.69) is 4.72 Å². The lowest BCUT2D eigenvalue weighted by Gasteiger charge is -2.11. The van der Waals surface area contributed by atoms with Crippen molar-refractivity contribution in [1.29, 1.82) is 0 Å². The van der Waals surface area contributed by atoms with Gasteiger partial charge in [-0.05, 0) is 25.0 Å². The number of hydrogen-bond donors (Lipinski definition) is 2. The van der Waals surface area contributed by atoms with Gasteiger partial charge >= 0.3 is 5.97 Å². The van der Waals surface area contributed by atoms with Crippen molar-refractivity contribution < 1.29 is 18.3 Å². The summed E-state index contributed by atoms with van der Waals surface area (Å²) in [5.74, 6) is -1.14. The molecule has 0 saturated carbocycles. The fourth-order valence-corrected chi connectivity index (χ4v) is 2.87. The first-order valence-electron chi connectivity index (χ1n) is 5.70. The smallest absolute Gasteiger partial charge is 0.338 e. The van der Waals surface area contributed by atoms with Crippen molar-refractivity contribution in [3.8, 4) is 0 Å². The molecule has 0 atom stereocenters. The Morgan fingerprint density at radius 3 is 2.61 bits per heavy atom. The van der Waals surface area contributed by atoms with Crippen molar-refractivity contribution in [2.75, 3.05) is 10.5 Å². The van der Waals surface area contributed by atoms with E-state index in [-0.39, 0.29) is 17.0 Å². The summed E-state index contributed by atoms with van der Waals surface area (Å²) in [5, 5.41) is 9.08. The van der Waals surface area contributed by atoms with E-state index in [9.17, 15) is 13.2 Å². The van der Waals surface area contributed by atoms with Crippen LogP contribution in [0.5, 0.6) is 0 Å². The topological polar surface area (TPSA) is 83.5 Å². The molecule has 1 rings (SSSR count). The first kappa shape index (κ1) is 14.5. The van der Waals surface area contributed by atoms with Gasteiger partial charge in [0, 0.05) is 0 Å². The zero-order valence-electron chi connectivity index (χ0n) is 10.4. The second-order valence-electron chi connectivity index (χ2n) is 4.08. The van der Waals surface area contributed by atoms with Crippen LogP contribution in [0, 0.1) is 6.92 Å². The van der Waals surface area contributed by atoms with Gasteiger partial charge in [0.05, 0.1) is 17.0 Å². The number of carboxylic acid groups (broad SMARTS) is 1. The zero-order chi connectivity index (χ0) is 13.8. The summed E-state index contributed by atoms with van der Waals surface area (Å²) < 4.78 is 25.8. The van der Waals surface area contributed by atoms with E-state index in [1.54, 1.807) is 19.1 Å². The number of sulfonamides is 1. The Kier molecular flexibility index (Phi) is 4.72. The lowest BCUT2D eigenvalue weighted by molar-refractivity contribution is 0.0697. The number of hydrogen-bond acceptors (Lipinski definition) is 3. The van der Waals surface area contributed by atoms with Gasteiger partial charge in [-0.15, -0.1) is 0 Å². The standard InChI is InChI=1S/C12H17NO4S/c1-3-4-8-18(16,17)13-10-7-5-6-9(2)11(10)12(14)15/h5-7,13H,3-4,8H2,1-2H3,(H,14,15). The first-order chi connectivity index (χ1) is 8.37. The van der Waals surface area contributed by atoms with E-state index < -0.39 is 16.0 Å². The number of carboxylic acids is 1. The molecule has 0 radical (unpaired) electrons. The first-order valence-corrected chi connectivity index (χ1v) is 7.36. The number of rotatable bonds is 6. The second kappa shape index (κ2) is 5.86. The average molecular weight is 271 g/mol. The fourth-order valence-electron chi connectivity index (χ4n) is 1.59. The minimum atomic E-state index is -3.48. The molecule has 0 bridgehead atoms. The molecule has 0 aromatic heterocycles. The summed E-state index contributed by atoms with van der Waals surface area (Å²) in [6, 6.07) is 4.71. The van der Waals surface area contributed by atoms with E-state index in [1.807, 2.05) is 6.92 Å². The molecule has 0 aliphatic carbocycles. The van der Waals surface area contributed by atoms with Crippen LogP contribution >= 0.6 is 0 Å². The molecule has 100 valence electrons. The molecule has 0 unspecified atom stereocenters. The Balaban J connectivity index is 3.05. The predicted molar refractivity (Wildman–Crippen MR) is 70.5 cm³/mol. The Morgan fingerprint density at radius 2 is 2.06 bits per heavy atom. The largest absolute Gasteiger partial charge is 0.478 e. The van der Waals surface area contributed by atoms with Crippen LogP contribution in [0.1, 0.15) is 35.7 Å². The van der Waals surface area contributed by atoms with Crippen LogP contribution < -0.4 is 4.72 Å². The number of unbranched alkanes of at least 4 members (excludes halogenated alkanes) is 1. The van der Waals surface area contributed by atoms with Gasteiger partial charge in [0.25, 0.3) is 0 Å². The van der Waals surface area contributed by atoms with E-state index in [1.165, 1.54) is 6.07 Å². The van der Waals surface area contributed by atoms with Crippen LogP contribution in [0.2, 0.25) is 0 Å². The van der Waals surface area contributed by atoms with E-state index in [0.29, 0.717) is 12.0 Å². The van der Waals surface area contributed by atoms with Crippen LogP contribution in [0.15, 0.2) is 18.2 Å². The number of aromatic carboxylic acids is 1. The SMILES string of the molecule is CCCCS(=O)(=O)Nc1cccc(C)c1C(=O)O. The maximum absolute atomic E-state index is 11.7. The van der Waals surface area contributed by atoms with Crippen molar-refractivity contribution in [3.05, 3.63) is 29.3 Å². The van der Waals surface area contributed by atoms with Crippen molar-refractivity contribution in [2.24, 2.45) is 0 Å². The number of carbonyl (C=O) groups is 1. The third kappa shape index (κ3) is 3.73. The van der Waals surface area contributed by atoms with Gasteiger partial charge in [0.15, 0.2) is 0 Å². The highest BCUT2D eigenvalue weighted by Crippen LogP contribution is 2.21. The molecule has 0 fully saturated rings. The number of nitrogens with one attached hydrogen (secondary N) is 1. The average Bonchev–Trinajstić information content (AvgIpc) is 2.25. The number of aryl methyl sites for hydroxylation is 1. The highest BCUT2D eigenvalue weighted by Gasteiger charge is 2.17. The van der Waals surface area contributed by atoms with Crippen LogP contribution in [0.3, 0.4) is 0 Å². The molecule has 0 saturated heterocycles. The molecular weight excluding hydrogens is 254 g/mol. The predicted octanol–water partition coefficient (Wildman–Crippen LogP) is 2.24. The summed E-state index contributed by atoms with van der Waals surface area (Å²) >= 11 is 0. The van der Waals surface area contributed by atoms with E-state index in [0.717, 1.165) is 6.42 Å². The summed E-state index contributed by atoms with van der Waals surface area (Å²) in [4.78, 5) is 11.1. The van der Waals surface area contributed by atoms with Crippen LogP contribution in [0.25, 0.3) is 0 Å². The van der Waals surface area contributed by atoms with Crippen LogP contribution in [-0.4, -0.2) is 25.2 Å². The highest BCUT2D eigenvalue weighted by molar-refractivity contribution is 7.92. The molecular formula is C12H17NO4S. The van der Waals surface area contributed by atoms with Gasteiger partial charge in [-0.3, -0.25) is 4.72 Å². The molecule has 1 aromatic carbocycles. The molecule has 1 aromatic rings. The minimum absolute atomic E-state index is 0.00225. The van der Waals surface area contributed by atoms with E-state index >= 15 is 0 Å². The highest BCUT2D eigenvalue weighted by atomic mass is 32.2. The summed E-state index contributed by atoms with van der Waals surface area (Å²) in [6.45, 7) is 3.53. The Labute approximate surface area is 107 Å². The van der Waals surface area contributed by atoms with Crippen LogP contribution in [0.4, 0.5) is 5.69 Å². The van der Waals surface area contributed by atoms with Crippen molar-refractivity contribution in [2.45, 2.75) is 26.7 Å². The van der Waals surface area contributed by atoms with Gasteiger partial charge in [0.2, 0.25) is 10.0 Å². The maximum atomic E-state index is 11.7. The second-order valence-corrected chi connectivity index (χ2v) is 5.92. The number of anilines is 1. The molecule has 0 spiro atoms. The molecule has 0 aliphatic heterocycles. The molecule has 6 heteroatoms. The summed E-state index contributed by atoms with van der Waals surface area (Å²) in [7, 11) is -3.48. The van der Waals surface area contributed by atoms with Crippen molar-refractivity contribution in [3.63, 3.8) is 0 Å². The number of benzene rings is 1.